The van der Waals surface area contributed by atoms with Crippen LogP contribution in [0.2, 0.25) is 0 Å². The third-order valence-electron chi connectivity index (χ3n) is 5.25. The number of carbonyl (C=O) groups excluding carboxylic acids is 1. The van der Waals surface area contributed by atoms with E-state index >= 15 is 0 Å². The van der Waals surface area contributed by atoms with E-state index in [0.717, 1.165) is 12.0 Å². The maximum Gasteiger partial charge on any atom is 0.338 e. The molecule has 1 atom stereocenters. The van der Waals surface area contributed by atoms with Crippen LogP contribution in [0.3, 0.4) is 0 Å². The van der Waals surface area contributed by atoms with E-state index in [1.54, 1.807) is 5.01 Å². The molecule has 1 saturated heterocycles. The van der Waals surface area contributed by atoms with Crippen LogP contribution < -0.4 is 4.90 Å². The Morgan fingerprint density at radius 3 is 2.27 bits per heavy atom. The van der Waals surface area contributed by atoms with Crippen LogP contribution in [0.25, 0.3) is 0 Å². The van der Waals surface area contributed by atoms with Gasteiger partial charge < -0.3 is 10.0 Å². The standard InChI is InChI=1S/C20H21N5O3.C2H6/c26-18(25-17(6-9-23-25)14-4-2-1-3-5-14)15-7-10-24(11-8-15)20-21-12-16(13-22-20)19(27)28;1-2/h1-5,9,12-13,15,17H,6-8,10-11H2,(H,27,28);1-2H3. The Kier molecular flexibility index (Phi) is 7.11. The smallest absolute Gasteiger partial charge is 0.338 e. The zero-order chi connectivity index (χ0) is 21.5. The number of nitrogens with zero attached hydrogens (tertiary/aromatic N) is 5. The Morgan fingerprint density at radius 2 is 1.67 bits per heavy atom. The summed E-state index contributed by atoms with van der Waals surface area (Å²) in [5, 5.41) is 14.9. The van der Waals surface area contributed by atoms with Gasteiger partial charge in [0.2, 0.25) is 11.9 Å². The Hall–Kier alpha value is -3.29. The van der Waals surface area contributed by atoms with E-state index in [1.165, 1.54) is 12.4 Å². The van der Waals surface area contributed by atoms with Gasteiger partial charge >= 0.3 is 5.97 Å². The van der Waals surface area contributed by atoms with E-state index < -0.39 is 5.97 Å². The maximum atomic E-state index is 13.0. The first-order valence-electron chi connectivity index (χ1n) is 10.3. The highest BCUT2D eigenvalue weighted by molar-refractivity contribution is 5.86. The molecule has 30 heavy (non-hydrogen) atoms. The average molecular weight is 409 g/mol. The second-order valence-corrected chi connectivity index (χ2v) is 6.98. The lowest BCUT2D eigenvalue weighted by atomic mass is 9.94. The fraction of sp³-hybridized carbons (Fsp3) is 0.409. The number of hydrogen-bond donors (Lipinski definition) is 1. The summed E-state index contributed by atoms with van der Waals surface area (Å²) in [4.78, 5) is 34.2. The van der Waals surface area contributed by atoms with Gasteiger partial charge in [-0.25, -0.2) is 19.8 Å². The summed E-state index contributed by atoms with van der Waals surface area (Å²) in [6, 6.07) is 9.94. The highest BCUT2D eigenvalue weighted by atomic mass is 16.4. The number of piperidine rings is 1. The van der Waals surface area contributed by atoms with Crippen LogP contribution in [0, 0.1) is 5.92 Å². The molecule has 8 nitrogen and oxygen atoms in total. The normalized spacial score (nSPS) is 18.7. The van der Waals surface area contributed by atoms with Crippen molar-refractivity contribution in [3.63, 3.8) is 0 Å². The van der Waals surface area contributed by atoms with Gasteiger partial charge in [-0.2, -0.15) is 5.10 Å². The minimum atomic E-state index is -1.05. The Bertz CT molecular complexity index is 877. The van der Waals surface area contributed by atoms with E-state index in [4.69, 9.17) is 5.11 Å². The van der Waals surface area contributed by atoms with Crippen LogP contribution in [0.1, 0.15) is 55.1 Å². The van der Waals surface area contributed by atoms with Crippen molar-refractivity contribution in [1.82, 2.24) is 15.0 Å². The molecule has 1 amide bonds. The lowest BCUT2D eigenvalue weighted by Gasteiger charge is -2.33. The van der Waals surface area contributed by atoms with Gasteiger partial charge in [0.1, 0.15) is 0 Å². The SMILES string of the molecule is CC.O=C(O)c1cnc(N2CCC(C(=O)N3N=CCC3c3ccccc3)CC2)nc1. The minimum absolute atomic E-state index is 0.0291. The van der Waals surface area contributed by atoms with Crippen molar-refractivity contribution in [1.29, 1.82) is 0 Å². The van der Waals surface area contributed by atoms with Crippen molar-refractivity contribution in [2.75, 3.05) is 18.0 Å². The Balaban J connectivity index is 0.00000124. The number of amides is 1. The number of carbonyl (C=O) groups is 2. The minimum Gasteiger partial charge on any atom is -0.478 e. The van der Waals surface area contributed by atoms with Gasteiger partial charge in [-0.1, -0.05) is 44.2 Å². The van der Waals surface area contributed by atoms with E-state index in [-0.39, 0.29) is 23.4 Å². The molecular formula is C22H27N5O3. The monoisotopic (exact) mass is 409 g/mol. The van der Waals surface area contributed by atoms with E-state index in [0.29, 0.717) is 31.9 Å². The molecule has 0 bridgehead atoms. The van der Waals surface area contributed by atoms with Crippen molar-refractivity contribution in [2.45, 2.75) is 39.2 Å². The lowest BCUT2D eigenvalue weighted by molar-refractivity contribution is -0.138. The molecule has 4 rings (SSSR count). The number of aromatic nitrogens is 2. The Morgan fingerprint density at radius 1 is 1.03 bits per heavy atom. The quantitative estimate of drug-likeness (QED) is 0.831. The van der Waals surface area contributed by atoms with Crippen molar-refractivity contribution in [3.05, 3.63) is 53.9 Å². The average Bonchev–Trinajstić information content (AvgIpc) is 3.31. The van der Waals surface area contributed by atoms with E-state index in [1.807, 2.05) is 55.3 Å². The fourth-order valence-electron chi connectivity index (χ4n) is 3.69. The maximum absolute atomic E-state index is 13.0. The third kappa shape index (κ3) is 4.64. The zero-order valence-corrected chi connectivity index (χ0v) is 17.3. The molecule has 0 saturated carbocycles. The van der Waals surface area contributed by atoms with Gasteiger partial charge in [0.15, 0.2) is 0 Å². The highest BCUT2D eigenvalue weighted by Crippen LogP contribution is 2.32. The molecule has 0 radical (unpaired) electrons. The molecule has 2 aliphatic rings. The number of carboxylic acid groups (broad SMARTS) is 1. The molecule has 1 aromatic heterocycles. The third-order valence-corrected chi connectivity index (χ3v) is 5.25. The first-order chi connectivity index (χ1) is 14.6. The molecule has 2 aliphatic heterocycles. The molecule has 8 heteroatoms. The number of hydrazone groups is 1. The first kappa shape index (κ1) is 21.4. The van der Waals surface area contributed by atoms with Gasteiger partial charge in [-0.05, 0) is 18.4 Å². The second kappa shape index (κ2) is 9.96. The van der Waals surface area contributed by atoms with E-state index in [9.17, 15) is 9.59 Å². The summed E-state index contributed by atoms with van der Waals surface area (Å²) in [6.07, 6.45) is 6.55. The second-order valence-electron chi connectivity index (χ2n) is 6.98. The highest BCUT2D eigenvalue weighted by Gasteiger charge is 2.35. The number of rotatable bonds is 4. The summed E-state index contributed by atoms with van der Waals surface area (Å²) in [5.41, 5.74) is 1.16. The largest absolute Gasteiger partial charge is 0.478 e. The molecule has 0 aliphatic carbocycles. The molecule has 1 N–H and O–H groups in total. The van der Waals surface area contributed by atoms with Crippen LogP contribution in [-0.2, 0) is 4.79 Å². The summed E-state index contributed by atoms with van der Waals surface area (Å²) in [5.74, 6) is -0.576. The first-order valence-corrected chi connectivity index (χ1v) is 10.3. The fourth-order valence-corrected chi connectivity index (χ4v) is 3.69. The van der Waals surface area contributed by atoms with Gasteiger partial charge in [0, 0.05) is 44.0 Å². The van der Waals surface area contributed by atoms with Crippen molar-refractivity contribution in [2.24, 2.45) is 11.0 Å². The van der Waals surface area contributed by atoms with Gasteiger partial charge in [-0.15, -0.1) is 0 Å². The van der Waals surface area contributed by atoms with Crippen LogP contribution in [0.15, 0.2) is 47.8 Å². The van der Waals surface area contributed by atoms with Crippen molar-refractivity contribution < 1.29 is 14.7 Å². The Labute approximate surface area is 176 Å². The molecule has 0 spiro atoms. The van der Waals surface area contributed by atoms with E-state index in [2.05, 4.69) is 15.1 Å². The predicted octanol–water partition coefficient (Wildman–Crippen LogP) is 3.38. The molecular weight excluding hydrogens is 382 g/mol. The molecule has 2 aromatic rings. The zero-order valence-electron chi connectivity index (χ0n) is 17.3. The summed E-state index contributed by atoms with van der Waals surface area (Å²) < 4.78 is 0. The lowest BCUT2D eigenvalue weighted by Crippen LogP contribution is -2.41. The molecule has 1 unspecified atom stereocenters. The topological polar surface area (TPSA) is 99.0 Å². The van der Waals surface area contributed by atoms with Crippen LogP contribution in [0.4, 0.5) is 5.95 Å². The van der Waals surface area contributed by atoms with Crippen molar-refractivity contribution in [3.8, 4) is 0 Å². The number of anilines is 1. The molecule has 1 aromatic carbocycles. The van der Waals surface area contributed by atoms with Crippen LogP contribution >= 0.6 is 0 Å². The number of aromatic carboxylic acids is 1. The summed E-state index contributed by atoms with van der Waals surface area (Å²) >= 11 is 0. The van der Waals surface area contributed by atoms with Crippen LogP contribution in [0.5, 0.6) is 0 Å². The molecule has 158 valence electrons. The number of hydrogen-bond acceptors (Lipinski definition) is 6. The van der Waals surface area contributed by atoms with Gasteiger partial charge in [-0.3, -0.25) is 4.79 Å². The summed E-state index contributed by atoms with van der Waals surface area (Å²) in [6.45, 7) is 5.30. The number of carboxylic acids is 1. The number of benzene rings is 1. The van der Waals surface area contributed by atoms with Crippen LogP contribution in [-0.4, -0.2) is 51.3 Å². The van der Waals surface area contributed by atoms with Gasteiger partial charge in [0.25, 0.3) is 0 Å². The molecule has 1 fully saturated rings. The van der Waals surface area contributed by atoms with Gasteiger partial charge in [0.05, 0.1) is 11.6 Å². The summed E-state index contributed by atoms with van der Waals surface area (Å²) in [7, 11) is 0. The molecule has 3 heterocycles. The van der Waals surface area contributed by atoms with Crippen molar-refractivity contribution >= 4 is 24.0 Å². The predicted molar refractivity (Wildman–Crippen MR) is 114 cm³/mol.